The van der Waals surface area contributed by atoms with Gasteiger partial charge >= 0.3 is 0 Å². The van der Waals surface area contributed by atoms with E-state index < -0.39 is 20.0 Å². The van der Waals surface area contributed by atoms with Gasteiger partial charge in [0.05, 0.1) is 34.0 Å². The number of nitrogens with two attached hydrogens (primary N) is 2. The van der Waals surface area contributed by atoms with Gasteiger partial charge in [0.1, 0.15) is 24.5 Å². The minimum absolute atomic E-state index is 0.0187. The quantitative estimate of drug-likeness (QED) is 0.397. The minimum atomic E-state index is -4.51. The Balaban J connectivity index is 2.26. The van der Waals surface area contributed by atoms with Gasteiger partial charge in [-0.15, -0.1) is 0 Å². The van der Waals surface area contributed by atoms with Gasteiger partial charge in [0.2, 0.25) is 5.95 Å². The summed E-state index contributed by atoms with van der Waals surface area (Å²) in [4.78, 5) is 32.0. The number of anilines is 2. The van der Waals surface area contributed by atoms with Gasteiger partial charge in [-0.3, -0.25) is 0 Å². The highest BCUT2D eigenvalue weighted by atomic mass is 31.2. The van der Waals surface area contributed by atoms with E-state index in [0.29, 0.717) is 22.2 Å². The summed E-state index contributed by atoms with van der Waals surface area (Å²) in [5.41, 5.74) is 12.2. The summed E-state index contributed by atoms with van der Waals surface area (Å²) >= 11 is 0. The molecular formula is C12H22N7O4P. The number of fused-ring (bicyclic) bond motifs is 1. The molecule has 0 spiro atoms. The molecule has 2 atom stereocenters. The van der Waals surface area contributed by atoms with Crippen LogP contribution in [-0.4, -0.2) is 69.0 Å². The van der Waals surface area contributed by atoms with Crippen LogP contribution in [0.5, 0.6) is 0 Å². The number of hydrogen-bond acceptors (Lipinski definition) is 8. The largest absolute Gasteiger partial charge is 0.777 e. The molecule has 2 rings (SSSR count). The second-order valence-electron chi connectivity index (χ2n) is 6.56. The van der Waals surface area contributed by atoms with Crippen molar-refractivity contribution in [2.24, 2.45) is 0 Å². The van der Waals surface area contributed by atoms with E-state index in [4.69, 9.17) is 21.1 Å². The molecule has 5 N–H and O–H groups in total. The average molecular weight is 359 g/mol. The number of ether oxygens (including phenoxy) is 1. The zero-order valence-corrected chi connectivity index (χ0v) is 14.7. The Morgan fingerprint density at radius 3 is 2.67 bits per heavy atom. The molecular weight excluding hydrogens is 337 g/mol. The molecule has 0 radical (unpaired) electrons. The summed E-state index contributed by atoms with van der Waals surface area (Å²) in [5.74, 6) is 0.185. The Morgan fingerprint density at radius 1 is 1.42 bits per heavy atom. The fourth-order valence-corrected chi connectivity index (χ4v) is 2.71. The molecule has 2 heterocycles. The average Bonchev–Trinajstić information content (AvgIpc) is 2.77. The van der Waals surface area contributed by atoms with E-state index in [0.717, 1.165) is 0 Å². The predicted molar refractivity (Wildman–Crippen MR) is 86.6 cm³/mol. The monoisotopic (exact) mass is 359 g/mol. The van der Waals surface area contributed by atoms with Crippen molar-refractivity contribution in [3.05, 3.63) is 6.33 Å². The number of likely N-dealkylation sites (N-methyl/N-ethyl adjacent to an activating group) is 1. The Hall–Kier alpha value is -1.78. The van der Waals surface area contributed by atoms with E-state index in [1.165, 1.54) is 6.33 Å². The molecule has 0 bridgehead atoms. The molecule has 0 aliphatic heterocycles. The van der Waals surface area contributed by atoms with E-state index in [9.17, 15) is 9.46 Å². The molecule has 2 aromatic heterocycles. The lowest BCUT2D eigenvalue weighted by Gasteiger charge is -2.30. The van der Waals surface area contributed by atoms with Crippen molar-refractivity contribution in [1.29, 1.82) is 0 Å². The number of nitrogen functional groups attached to an aromatic ring is 2. The summed E-state index contributed by atoms with van der Waals surface area (Å²) in [6.07, 6.45) is 0.245. The Bertz CT molecular complexity index is 767. The van der Waals surface area contributed by atoms with Crippen LogP contribution in [0.3, 0.4) is 0 Å². The number of hydrogen-bond donors (Lipinski definition) is 3. The summed E-state index contributed by atoms with van der Waals surface area (Å²) in [5, 5.41) is 0. The lowest BCUT2D eigenvalue weighted by atomic mass is 10.3. The molecule has 0 aromatic carbocycles. The van der Waals surface area contributed by atoms with E-state index in [-0.39, 0.29) is 18.3 Å². The first-order valence-corrected chi connectivity index (χ1v) is 8.89. The highest BCUT2D eigenvalue weighted by Crippen LogP contribution is 2.29. The maximum Gasteiger partial charge on any atom is 0.224 e. The maximum absolute atomic E-state index is 11.0. The van der Waals surface area contributed by atoms with Crippen LogP contribution in [0.4, 0.5) is 11.8 Å². The van der Waals surface area contributed by atoms with Gasteiger partial charge in [0.15, 0.2) is 19.1 Å². The van der Waals surface area contributed by atoms with E-state index in [1.54, 1.807) is 4.57 Å². The zero-order chi connectivity index (χ0) is 18.1. The number of imidazole rings is 1. The van der Waals surface area contributed by atoms with Crippen molar-refractivity contribution in [3.8, 4) is 0 Å². The Kier molecular flexibility index (Phi) is 5.11. The van der Waals surface area contributed by atoms with Gasteiger partial charge in [0.25, 0.3) is 0 Å². The van der Waals surface area contributed by atoms with Crippen molar-refractivity contribution >= 4 is 30.5 Å². The minimum Gasteiger partial charge on any atom is -0.777 e. The fourth-order valence-electron chi connectivity index (χ4n) is 2.31. The van der Waals surface area contributed by atoms with Crippen LogP contribution in [0, 0.1) is 0 Å². The molecule has 2 unspecified atom stereocenters. The van der Waals surface area contributed by atoms with Crippen molar-refractivity contribution in [2.45, 2.75) is 12.6 Å². The van der Waals surface area contributed by atoms with Crippen LogP contribution in [0.25, 0.3) is 11.2 Å². The van der Waals surface area contributed by atoms with E-state index in [2.05, 4.69) is 15.0 Å². The van der Waals surface area contributed by atoms with Crippen molar-refractivity contribution in [2.75, 3.05) is 45.5 Å². The van der Waals surface area contributed by atoms with Crippen LogP contribution in [0.2, 0.25) is 0 Å². The number of nitrogens with zero attached hydrogens (tertiary/aromatic N) is 5. The summed E-state index contributed by atoms with van der Waals surface area (Å²) in [6, 6.07) is 0. The van der Waals surface area contributed by atoms with Gasteiger partial charge in [-0.1, -0.05) is 0 Å². The van der Waals surface area contributed by atoms with Crippen molar-refractivity contribution in [1.82, 2.24) is 19.5 Å². The molecule has 0 saturated carbocycles. The van der Waals surface area contributed by atoms with Crippen LogP contribution in [-0.2, 0) is 15.8 Å². The molecule has 0 fully saturated rings. The zero-order valence-electron chi connectivity index (χ0n) is 13.8. The van der Waals surface area contributed by atoms with Gasteiger partial charge in [-0.2, -0.15) is 9.97 Å². The van der Waals surface area contributed by atoms with Crippen LogP contribution in [0.1, 0.15) is 0 Å². The number of aromatic nitrogens is 4. The number of quaternary nitrogens is 1. The molecule has 0 aliphatic carbocycles. The van der Waals surface area contributed by atoms with Crippen molar-refractivity contribution < 1.29 is 23.6 Å². The highest BCUT2D eigenvalue weighted by Gasteiger charge is 2.22. The molecule has 2 aromatic rings. The molecule has 24 heavy (non-hydrogen) atoms. The first kappa shape index (κ1) is 18.6. The summed E-state index contributed by atoms with van der Waals surface area (Å²) in [7, 11) is 1.31. The second kappa shape index (κ2) is 6.61. The van der Waals surface area contributed by atoms with Crippen LogP contribution in [0.15, 0.2) is 6.33 Å². The van der Waals surface area contributed by atoms with Gasteiger partial charge in [-0.05, 0) is 0 Å². The van der Waals surface area contributed by atoms with E-state index >= 15 is 0 Å². The molecule has 0 saturated heterocycles. The maximum atomic E-state index is 11.0. The topological polar surface area (TPSA) is 165 Å². The van der Waals surface area contributed by atoms with E-state index in [1.807, 2.05) is 21.1 Å². The summed E-state index contributed by atoms with van der Waals surface area (Å²) in [6.45, 7) is 0.762. The van der Waals surface area contributed by atoms with Crippen LogP contribution >= 0.6 is 7.60 Å². The van der Waals surface area contributed by atoms with Crippen molar-refractivity contribution in [3.63, 3.8) is 0 Å². The molecule has 0 aliphatic rings. The molecule has 0 amide bonds. The lowest BCUT2D eigenvalue weighted by Crippen LogP contribution is -2.44. The molecule has 134 valence electrons. The first-order valence-electron chi connectivity index (χ1n) is 7.13. The fraction of sp³-hybridized carbons (Fsp3) is 0.583. The SMILES string of the molecule is C[N+](C)(C)CC(Cn1cnc2c(N)nc(N)nc21)OCP(=O)([O-])O. The lowest BCUT2D eigenvalue weighted by molar-refractivity contribution is -0.873. The first-order chi connectivity index (χ1) is 10.9. The van der Waals surface area contributed by atoms with Gasteiger partial charge in [0, 0.05) is 0 Å². The Morgan fingerprint density at radius 2 is 2.08 bits per heavy atom. The third-order valence-corrected chi connectivity index (χ3v) is 3.61. The van der Waals surface area contributed by atoms with Crippen LogP contribution < -0.4 is 16.4 Å². The standard InChI is InChI=1S/C12H22N7O4P/c1-19(2,3)5-8(23-7-24(20,21)22)4-18-6-15-9-10(13)16-12(14)17-11(9)18/h6,8H,4-5,7H2,1-3H3,(H5-,13,14,16,17,20,21,22). The smallest absolute Gasteiger partial charge is 0.224 e. The normalized spacial score (nSPS) is 16.2. The highest BCUT2D eigenvalue weighted by molar-refractivity contribution is 7.50. The third kappa shape index (κ3) is 5.11. The number of rotatable bonds is 7. The molecule has 12 heteroatoms. The summed E-state index contributed by atoms with van der Waals surface area (Å²) < 4.78 is 18.6. The second-order valence-corrected chi connectivity index (χ2v) is 8.10. The molecule has 11 nitrogen and oxygen atoms in total. The Labute approximate surface area is 139 Å². The third-order valence-electron chi connectivity index (χ3n) is 3.13. The van der Waals surface area contributed by atoms with Gasteiger partial charge < -0.3 is 39.6 Å². The predicted octanol–water partition coefficient (Wildman–Crippen LogP) is -1.41. The van der Waals surface area contributed by atoms with Gasteiger partial charge in [-0.25, -0.2) is 4.98 Å².